The molecule has 88 valence electrons. The van der Waals surface area contributed by atoms with Gasteiger partial charge in [-0.3, -0.25) is 4.79 Å². The highest BCUT2D eigenvalue weighted by Crippen LogP contribution is 2.22. The Balaban J connectivity index is 1.71. The van der Waals surface area contributed by atoms with E-state index in [0.29, 0.717) is 5.92 Å². The van der Waals surface area contributed by atoms with E-state index in [9.17, 15) is 4.79 Å². The van der Waals surface area contributed by atoms with Crippen LogP contribution in [0.15, 0.2) is 6.33 Å². The summed E-state index contributed by atoms with van der Waals surface area (Å²) in [5.74, 6) is 3.13. The monoisotopic (exact) mass is 241 g/mol. The lowest BCUT2D eigenvalue weighted by atomic mass is 10.1. The molecule has 1 aliphatic heterocycles. The van der Waals surface area contributed by atoms with E-state index in [-0.39, 0.29) is 18.4 Å². The van der Waals surface area contributed by atoms with Gasteiger partial charge < -0.3 is 11.1 Å². The van der Waals surface area contributed by atoms with E-state index >= 15 is 0 Å². The molecule has 1 fully saturated rings. The highest BCUT2D eigenvalue weighted by atomic mass is 32.2. The Kier molecular flexibility index (Phi) is 3.66. The predicted molar refractivity (Wildman–Crippen MR) is 62.9 cm³/mol. The fourth-order valence-corrected chi connectivity index (χ4v) is 2.88. The van der Waals surface area contributed by atoms with Crippen LogP contribution in [0.4, 0.5) is 5.95 Å². The zero-order valence-corrected chi connectivity index (χ0v) is 9.74. The average molecular weight is 241 g/mol. The number of nitrogens with zero attached hydrogens (tertiary/aromatic N) is 3. The molecule has 0 radical (unpaired) electrons. The lowest BCUT2D eigenvalue weighted by Crippen LogP contribution is -2.32. The van der Waals surface area contributed by atoms with Gasteiger partial charge in [0.25, 0.3) is 0 Å². The number of nitrogens with one attached hydrogen (secondary N) is 1. The summed E-state index contributed by atoms with van der Waals surface area (Å²) in [6.45, 7) is 0.945. The first-order valence-corrected chi connectivity index (χ1v) is 6.39. The first kappa shape index (κ1) is 11.3. The third-order valence-corrected chi connectivity index (χ3v) is 3.70. The van der Waals surface area contributed by atoms with Gasteiger partial charge in [-0.25, -0.2) is 9.67 Å². The summed E-state index contributed by atoms with van der Waals surface area (Å²) in [5, 5.41) is 6.75. The van der Waals surface area contributed by atoms with Crippen molar-refractivity contribution in [2.75, 3.05) is 23.8 Å². The molecule has 0 bridgehead atoms. The largest absolute Gasteiger partial charge is 0.367 e. The smallest absolute Gasteiger partial charge is 0.241 e. The molecule has 1 unspecified atom stereocenters. The van der Waals surface area contributed by atoms with Crippen molar-refractivity contribution in [3.63, 3.8) is 0 Å². The minimum absolute atomic E-state index is 0.0400. The van der Waals surface area contributed by atoms with Crippen LogP contribution in [0.3, 0.4) is 0 Å². The second-order valence-corrected chi connectivity index (χ2v) is 4.98. The molecule has 6 nitrogen and oxygen atoms in total. The number of rotatable bonds is 4. The van der Waals surface area contributed by atoms with E-state index in [4.69, 9.17) is 5.73 Å². The van der Waals surface area contributed by atoms with Crippen molar-refractivity contribution >= 4 is 23.6 Å². The summed E-state index contributed by atoms with van der Waals surface area (Å²) in [5.41, 5.74) is 5.35. The van der Waals surface area contributed by atoms with E-state index in [2.05, 4.69) is 15.4 Å². The van der Waals surface area contributed by atoms with Gasteiger partial charge in [-0.05, 0) is 23.8 Å². The molecule has 0 aromatic carbocycles. The minimum Gasteiger partial charge on any atom is -0.367 e. The lowest BCUT2D eigenvalue weighted by molar-refractivity contribution is -0.122. The molecular weight excluding hydrogens is 226 g/mol. The van der Waals surface area contributed by atoms with Crippen LogP contribution in [-0.2, 0) is 11.3 Å². The van der Waals surface area contributed by atoms with Crippen molar-refractivity contribution in [3.8, 4) is 0 Å². The lowest BCUT2D eigenvalue weighted by Gasteiger charge is -2.09. The standard InChI is InChI=1S/C9H15N5OS/c10-9-12-6-14(13-9)4-8(15)11-3-7-1-2-16-5-7/h6-7H,1-5H2,(H2,10,13)(H,11,15). The van der Waals surface area contributed by atoms with Gasteiger partial charge in [0.1, 0.15) is 12.9 Å². The summed E-state index contributed by atoms with van der Waals surface area (Å²) in [4.78, 5) is 15.3. The highest BCUT2D eigenvalue weighted by Gasteiger charge is 2.16. The van der Waals surface area contributed by atoms with E-state index in [1.54, 1.807) is 0 Å². The van der Waals surface area contributed by atoms with Gasteiger partial charge in [-0.2, -0.15) is 11.8 Å². The summed E-state index contributed by atoms with van der Waals surface area (Å²) >= 11 is 1.95. The van der Waals surface area contributed by atoms with Gasteiger partial charge in [0.2, 0.25) is 11.9 Å². The third kappa shape index (κ3) is 3.13. The molecule has 0 saturated carbocycles. The molecule has 2 heterocycles. The number of nitrogen functional groups attached to an aromatic ring is 1. The number of thioether (sulfide) groups is 1. The summed E-state index contributed by atoms with van der Waals surface area (Å²) < 4.78 is 1.44. The maximum Gasteiger partial charge on any atom is 0.241 e. The van der Waals surface area contributed by atoms with Crippen molar-refractivity contribution in [1.82, 2.24) is 20.1 Å². The SMILES string of the molecule is Nc1ncn(CC(=O)NCC2CCSC2)n1. The van der Waals surface area contributed by atoms with Crippen LogP contribution >= 0.6 is 11.8 Å². The topological polar surface area (TPSA) is 85.8 Å². The van der Waals surface area contributed by atoms with E-state index in [0.717, 1.165) is 12.3 Å². The molecular formula is C9H15N5OS. The number of hydrogen-bond donors (Lipinski definition) is 2. The quantitative estimate of drug-likeness (QED) is 0.758. The molecule has 1 aromatic rings. The number of amides is 1. The second-order valence-electron chi connectivity index (χ2n) is 3.83. The first-order valence-electron chi connectivity index (χ1n) is 5.23. The zero-order chi connectivity index (χ0) is 11.4. The fourth-order valence-electron chi connectivity index (χ4n) is 1.59. The Morgan fingerprint density at radius 3 is 3.25 bits per heavy atom. The maximum absolute atomic E-state index is 11.5. The highest BCUT2D eigenvalue weighted by molar-refractivity contribution is 7.99. The molecule has 1 atom stereocenters. The van der Waals surface area contributed by atoms with Crippen LogP contribution in [-0.4, -0.2) is 38.7 Å². The van der Waals surface area contributed by atoms with Crippen LogP contribution in [0.5, 0.6) is 0 Å². The van der Waals surface area contributed by atoms with Crippen molar-refractivity contribution in [2.45, 2.75) is 13.0 Å². The Morgan fingerprint density at radius 1 is 1.75 bits per heavy atom. The predicted octanol–water partition coefficient (Wildman–Crippen LogP) is -0.270. The van der Waals surface area contributed by atoms with E-state index in [1.807, 2.05) is 11.8 Å². The van der Waals surface area contributed by atoms with Crippen LogP contribution in [0.1, 0.15) is 6.42 Å². The van der Waals surface area contributed by atoms with Crippen LogP contribution in [0.2, 0.25) is 0 Å². The summed E-state index contributed by atoms with van der Waals surface area (Å²) in [6, 6.07) is 0. The van der Waals surface area contributed by atoms with Crippen LogP contribution < -0.4 is 11.1 Å². The Hall–Kier alpha value is -1.24. The van der Waals surface area contributed by atoms with Gasteiger partial charge in [-0.1, -0.05) is 0 Å². The zero-order valence-electron chi connectivity index (χ0n) is 8.93. The molecule has 0 spiro atoms. The molecule has 1 aromatic heterocycles. The minimum atomic E-state index is -0.0400. The van der Waals surface area contributed by atoms with Gasteiger partial charge >= 0.3 is 0 Å². The number of carbonyl (C=O) groups is 1. The van der Waals surface area contributed by atoms with Crippen molar-refractivity contribution in [1.29, 1.82) is 0 Å². The number of anilines is 1. The van der Waals surface area contributed by atoms with E-state index in [1.165, 1.54) is 23.2 Å². The van der Waals surface area contributed by atoms with Crippen molar-refractivity contribution in [2.24, 2.45) is 5.92 Å². The number of hydrogen-bond acceptors (Lipinski definition) is 5. The molecule has 3 N–H and O–H groups in total. The first-order chi connectivity index (χ1) is 7.74. The average Bonchev–Trinajstić information content (AvgIpc) is 2.87. The van der Waals surface area contributed by atoms with E-state index < -0.39 is 0 Å². The molecule has 16 heavy (non-hydrogen) atoms. The second kappa shape index (κ2) is 5.20. The third-order valence-electron chi connectivity index (χ3n) is 2.47. The van der Waals surface area contributed by atoms with Gasteiger partial charge in [0.05, 0.1) is 0 Å². The molecule has 0 aliphatic carbocycles. The molecule has 1 amide bonds. The summed E-state index contributed by atoms with van der Waals surface area (Å²) in [6.07, 6.45) is 2.65. The van der Waals surface area contributed by atoms with Crippen molar-refractivity contribution in [3.05, 3.63) is 6.33 Å². The number of carbonyl (C=O) groups excluding carboxylic acids is 1. The Morgan fingerprint density at radius 2 is 2.62 bits per heavy atom. The molecule has 2 rings (SSSR count). The Bertz CT molecular complexity index is 361. The maximum atomic E-state index is 11.5. The summed E-state index contributed by atoms with van der Waals surface area (Å²) in [7, 11) is 0. The fraction of sp³-hybridized carbons (Fsp3) is 0.667. The number of nitrogens with two attached hydrogens (primary N) is 1. The molecule has 7 heteroatoms. The molecule has 1 saturated heterocycles. The molecule has 1 aliphatic rings. The van der Waals surface area contributed by atoms with Gasteiger partial charge in [0, 0.05) is 6.54 Å². The van der Waals surface area contributed by atoms with Crippen molar-refractivity contribution < 1.29 is 4.79 Å². The van der Waals surface area contributed by atoms with Crippen LogP contribution in [0.25, 0.3) is 0 Å². The van der Waals surface area contributed by atoms with Gasteiger partial charge in [-0.15, -0.1) is 5.10 Å². The number of aromatic nitrogens is 3. The Labute approximate surface area is 98.0 Å². The normalized spacial score (nSPS) is 19.9. The van der Waals surface area contributed by atoms with Gasteiger partial charge in [0.15, 0.2) is 0 Å². The van der Waals surface area contributed by atoms with Crippen LogP contribution in [0, 0.1) is 5.92 Å².